The van der Waals surface area contributed by atoms with Gasteiger partial charge in [-0.2, -0.15) is 0 Å². The van der Waals surface area contributed by atoms with Crippen LogP contribution in [0.25, 0.3) is 0 Å². The van der Waals surface area contributed by atoms with E-state index in [1.54, 1.807) is 38.1 Å². The van der Waals surface area contributed by atoms with Crippen LogP contribution in [0.5, 0.6) is 0 Å². The number of nitrogens with one attached hydrogen (secondary N) is 3. The van der Waals surface area contributed by atoms with Crippen LogP contribution in [0.3, 0.4) is 0 Å². The van der Waals surface area contributed by atoms with E-state index in [0.717, 1.165) is 10.5 Å². The van der Waals surface area contributed by atoms with Crippen LogP contribution in [0.15, 0.2) is 54.6 Å². The van der Waals surface area contributed by atoms with Crippen molar-refractivity contribution in [2.24, 2.45) is 5.92 Å². The summed E-state index contributed by atoms with van der Waals surface area (Å²) in [6.07, 6.45) is 0.729. The van der Waals surface area contributed by atoms with Crippen LogP contribution in [0, 0.1) is 5.92 Å². The van der Waals surface area contributed by atoms with Crippen molar-refractivity contribution in [2.75, 3.05) is 19.3 Å². The summed E-state index contributed by atoms with van der Waals surface area (Å²) in [4.78, 5) is 51.5. The Morgan fingerprint density at radius 3 is 2.00 bits per heavy atom. The molecule has 0 unspecified atom stereocenters. The fraction of sp³-hybridized carbons (Fsp3) is 0.407. The minimum Gasteiger partial charge on any atom is -0.357 e. The number of hydrogen-bond donors (Lipinski definition) is 3. The van der Waals surface area contributed by atoms with E-state index in [0.29, 0.717) is 17.5 Å². The standard InChI is InChI=1S/C27H34N4O6S/c1-18(2)23(25(33)29-22(24(32)28-3)17-19-11-5-4-6-12-19)30-38(36,37)16-10-9-15-31-26(34)20-13-7-8-14-21(20)27(31)35/h4-8,11-14,18,22-23,30H,9-10,15-17H2,1-3H3,(H,28,32)(H,29,33)/t22-,23-/m0/s1. The third kappa shape index (κ3) is 7.26. The Morgan fingerprint density at radius 1 is 0.868 bits per heavy atom. The van der Waals surface area contributed by atoms with E-state index in [1.165, 1.54) is 7.05 Å². The molecule has 0 aromatic heterocycles. The Morgan fingerprint density at radius 2 is 1.45 bits per heavy atom. The van der Waals surface area contributed by atoms with Crippen molar-refractivity contribution in [1.82, 2.24) is 20.3 Å². The average Bonchev–Trinajstić information content (AvgIpc) is 3.14. The summed E-state index contributed by atoms with van der Waals surface area (Å²) in [5.41, 5.74) is 1.54. The lowest BCUT2D eigenvalue weighted by Gasteiger charge is -2.25. The quantitative estimate of drug-likeness (QED) is 0.259. The maximum Gasteiger partial charge on any atom is 0.261 e. The highest BCUT2D eigenvalue weighted by Gasteiger charge is 2.35. The first-order valence-electron chi connectivity index (χ1n) is 12.5. The van der Waals surface area contributed by atoms with Crippen molar-refractivity contribution >= 4 is 33.7 Å². The van der Waals surface area contributed by atoms with E-state index < -0.39 is 28.0 Å². The Labute approximate surface area is 223 Å². The molecule has 204 valence electrons. The maximum absolute atomic E-state index is 13.1. The first-order valence-corrected chi connectivity index (χ1v) is 14.2. The summed E-state index contributed by atoms with van der Waals surface area (Å²) in [6.45, 7) is 3.52. The molecule has 0 spiro atoms. The molecule has 0 fully saturated rings. The van der Waals surface area contributed by atoms with Crippen LogP contribution in [0.2, 0.25) is 0 Å². The molecule has 2 aromatic rings. The van der Waals surface area contributed by atoms with Crippen LogP contribution in [-0.2, 0) is 26.0 Å². The number of unbranched alkanes of at least 4 members (excludes halogenated alkanes) is 1. The molecule has 2 atom stereocenters. The average molecular weight is 543 g/mol. The Bertz CT molecular complexity index is 1240. The fourth-order valence-corrected chi connectivity index (χ4v) is 5.71. The first-order chi connectivity index (χ1) is 18.0. The van der Waals surface area contributed by atoms with Gasteiger partial charge in [-0.05, 0) is 36.5 Å². The third-order valence-corrected chi connectivity index (χ3v) is 7.78. The number of rotatable bonds is 13. The van der Waals surface area contributed by atoms with Crippen molar-refractivity contribution in [3.05, 3.63) is 71.3 Å². The zero-order valence-corrected chi connectivity index (χ0v) is 22.6. The molecule has 1 heterocycles. The molecular formula is C27H34N4O6S. The Hall–Kier alpha value is -3.57. The second-order valence-corrected chi connectivity index (χ2v) is 11.4. The molecule has 3 N–H and O–H groups in total. The molecule has 1 aliphatic heterocycles. The molecule has 10 nitrogen and oxygen atoms in total. The van der Waals surface area contributed by atoms with E-state index in [-0.39, 0.29) is 48.8 Å². The number of likely N-dealkylation sites (N-methyl/N-ethyl adjacent to an activating group) is 1. The zero-order chi connectivity index (χ0) is 27.9. The number of carbonyl (C=O) groups is 4. The molecule has 1 aliphatic rings. The van der Waals surface area contributed by atoms with E-state index in [1.807, 2.05) is 30.3 Å². The second-order valence-electron chi connectivity index (χ2n) is 9.54. The van der Waals surface area contributed by atoms with Crippen LogP contribution in [0.1, 0.15) is 53.0 Å². The molecule has 11 heteroatoms. The van der Waals surface area contributed by atoms with Gasteiger partial charge in [0, 0.05) is 20.0 Å². The molecule has 4 amide bonds. The van der Waals surface area contributed by atoms with Gasteiger partial charge in [-0.15, -0.1) is 0 Å². The molecule has 3 rings (SSSR count). The number of sulfonamides is 1. The Balaban J connectivity index is 1.55. The maximum atomic E-state index is 13.1. The van der Waals surface area contributed by atoms with Gasteiger partial charge in [-0.1, -0.05) is 56.3 Å². The van der Waals surface area contributed by atoms with E-state index in [9.17, 15) is 27.6 Å². The topological polar surface area (TPSA) is 142 Å². The fourth-order valence-electron chi connectivity index (χ4n) is 4.24. The predicted molar refractivity (Wildman–Crippen MR) is 143 cm³/mol. The number of nitrogens with zero attached hydrogens (tertiary/aromatic N) is 1. The molecule has 0 radical (unpaired) electrons. The number of hydrogen-bond acceptors (Lipinski definition) is 6. The zero-order valence-electron chi connectivity index (χ0n) is 21.8. The van der Waals surface area contributed by atoms with Gasteiger partial charge >= 0.3 is 0 Å². The molecule has 0 bridgehead atoms. The van der Waals surface area contributed by atoms with Crippen LogP contribution < -0.4 is 15.4 Å². The number of carbonyl (C=O) groups excluding carboxylic acids is 4. The summed E-state index contributed by atoms with van der Waals surface area (Å²) < 4.78 is 28.1. The number of fused-ring (bicyclic) bond motifs is 1. The van der Waals surface area contributed by atoms with Gasteiger partial charge in [-0.25, -0.2) is 13.1 Å². The van der Waals surface area contributed by atoms with Crippen LogP contribution in [-0.4, -0.2) is 68.4 Å². The number of benzene rings is 2. The van der Waals surface area contributed by atoms with Gasteiger partial charge in [0.15, 0.2) is 0 Å². The second kappa shape index (κ2) is 12.8. The van der Waals surface area contributed by atoms with Gasteiger partial charge < -0.3 is 10.6 Å². The smallest absolute Gasteiger partial charge is 0.261 e. The van der Waals surface area contributed by atoms with Gasteiger partial charge in [0.05, 0.1) is 16.9 Å². The summed E-state index contributed by atoms with van der Waals surface area (Å²) in [7, 11) is -2.40. The van der Waals surface area contributed by atoms with Crippen molar-refractivity contribution in [1.29, 1.82) is 0 Å². The van der Waals surface area contributed by atoms with Crippen LogP contribution in [0.4, 0.5) is 0 Å². The predicted octanol–water partition coefficient (Wildman–Crippen LogP) is 1.48. The van der Waals surface area contributed by atoms with Crippen molar-refractivity contribution in [3.63, 3.8) is 0 Å². The summed E-state index contributed by atoms with van der Waals surface area (Å²) in [5.74, 6) is -2.42. The van der Waals surface area contributed by atoms with Crippen molar-refractivity contribution < 1.29 is 27.6 Å². The van der Waals surface area contributed by atoms with Gasteiger partial charge in [-0.3, -0.25) is 24.1 Å². The molecule has 0 aliphatic carbocycles. The minimum atomic E-state index is -3.87. The molecule has 0 saturated heterocycles. The van der Waals surface area contributed by atoms with Gasteiger partial charge in [0.1, 0.15) is 12.1 Å². The van der Waals surface area contributed by atoms with E-state index in [4.69, 9.17) is 0 Å². The number of amides is 4. The highest BCUT2D eigenvalue weighted by molar-refractivity contribution is 7.89. The lowest BCUT2D eigenvalue weighted by Crippen LogP contribution is -2.55. The lowest BCUT2D eigenvalue weighted by atomic mass is 10.0. The molecule has 2 aromatic carbocycles. The number of imide groups is 1. The van der Waals surface area contributed by atoms with Crippen LogP contribution >= 0.6 is 0 Å². The summed E-state index contributed by atoms with van der Waals surface area (Å²) in [5, 5.41) is 5.22. The lowest BCUT2D eigenvalue weighted by molar-refractivity contribution is -0.130. The monoisotopic (exact) mass is 542 g/mol. The highest BCUT2D eigenvalue weighted by atomic mass is 32.2. The largest absolute Gasteiger partial charge is 0.357 e. The van der Waals surface area contributed by atoms with E-state index in [2.05, 4.69) is 15.4 Å². The highest BCUT2D eigenvalue weighted by Crippen LogP contribution is 2.22. The molecular weight excluding hydrogens is 508 g/mol. The first kappa shape index (κ1) is 29.0. The molecule has 38 heavy (non-hydrogen) atoms. The third-order valence-electron chi connectivity index (χ3n) is 6.34. The van der Waals surface area contributed by atoms with Crippen molar-refractivity contribution in [3.8, 4) is 0 Å². The summed E-state index contributed by atoms with van der Waals surface area (Å²) in [6, 6.07) is 13.8. The molecule has 0 saturated carbocycles. The Kier molecular flexibility index (Phi) is 9.76. The van der Waals surface area contributed by atoms with Gasteiger partial charge in [0.25, 0.3) is 11.8 Å². The summed E-state index contributed by atoms with van der Waals surface area (Å²) >= 11 is 0. The van der Waals surface area contributed by atoms with Crippen molar-refractivity contribution in [2.45, 2.75) is 45.2 Å². The minimum absolute atomic E-state index is 0.100. The van der Waals surface area contributed by atoms with Gasteiger partial charge in [0.2, 0.25) is 21.8 Å². The van der Waals surface area contributed by atoms with E-state index >= 15 is 0 Å². The SMILES string of the molecule is CNC(=O)[C@H](Cc1ccccc1)NC(=O)[C@@H](NS(=O)(=O)CCCCN1C(=O)c2ccccc2C1=O)C(C)C. The normalized spacial score (nSPS) is 14.8.